The lowest BCUT2D eigenvalue weighted by Gasteiger charge is -2.41. The van der Waals surface area contributed by atoms with Crippen LogP contribution in [0.15, 0.2) is 61.4 Å². The standard InChI is InChI=1S/C26H24F2N10/c27-18-5-4-16(9-19(18)28)20-10-17(12-38-15-34-23-24(29)32-14-33-25(23)38)21(11-31-20)37-8-2-6-26(30,13-37)22-3-1-7-35-36-22/h1,3-5,7,9-11,14-15H,2,6,8,12-13,30H2,(H2,29,32,33). The zero-order valence-corrected chi connectivity index (χ0v) is 20.3. The van der Waals surface area contributed by atoms with Crippen LogP contribution >= 0.6 is 0 Å². The Morgan fingerprint density at radius 1 is 1.03 bits per heavy atom. The Kier molecular flexibility index (Phi) is 5.87. The molecule has 1 aliphatic rings. The fourth-order valence-corrected chi connectivity index (χ4v) is 4.98. The monoisotopic (exact) mass is 514 g/mol. The number of pyridine rings is 1. The van der Waals surface area contributed by atoms with Crippen molar-refractivity contribution in [2.24, 2.45) is 5.73 Å². The van der Waals surface area contributed by atoms with Crippen LogP contribution in [0.3, 0.4) is 0 Å². The first-order chi connectivity index (χ1) is 18.4. The molecule has 10 nitrogen and oxygen atoms in total. The van der Waals surface area contributed by atoms with Gasteiger partial charge >= 0.3 is 0 Å². The molecule has 1 aliphatic heterocycles. The molecule has 1 unspecified atom stereocenters. The van der Waals surface area contributed by atoms with Crippen LogP contribution in [0, 0.1) is 11.6 Å². The van der Waals surface area contributed by atoms with E-state index in [1.54, 1.807) is 18.7 Å². The van der Waals surface area contributed by atoms with Crippen LogP contribution in [0.5, 0.6) is 0 Å². The summed E-state index contributed by atoms with van der Waals surface area (Å²) >= 11 is 0. The van der Waals surface area contributed by atoms with Gasteiger partial charge in [0.25, 0.3) is 0 Å². The number of hydrogen-bond acceptors (Lipinski definition) is 9. The van der Waals surface area contributed by atoms with Gasteiger partial charge in [0.2, 0.25) is 0 Å². The van der Waals surface area contributed by atoms with Crippen LogP contribution in [0.4, 0.5) is 20.3 Å². The fraction of sp³-hybridized carbons (Fsp3) is 0.231. The molecule has 4 N–H and O–H groups in total. The number of halogens is 2. The number of rotatable bonds is 5. The molecule has 0 radical (unpaired) electrons. The van der Waals surface area contributed by atoms with Crippen LogP contribution < -0.4 is 16.4 Å². The van der Waals surface area contributed by atoms with Crippen LogP contribution in [0.1, 0.15) is 24.1 Å². The van der Waals surface area contributed by atoms with Crippen LogP contribution in [-0.4, -0.2) is 47.8 Å². The SMILES string of the molecule is Nc1ncnc2c1ncn2Cc1cc(-c2ccc(F)c(F)c2)ncc1N1CCCC(N)(c2cccnn2)C1. The molecule has 6 rings (SSSR count). The van der Waals surface area contributed by atoms with E-state index in [2.05, 4.69) is 35.0 Å². The number of imidazole rings is 1. The molecule has 5 aromatic rings. The Bertz CT molecular complexity index is 1620. The van der Waals surface area contributed by atoms with Gasteiger partial charge in [-0.2, -0.15) is 10.2 Å². The topological polar surface area (TPSA) is 138 Å². The number of hydrogen-bond donors (Lipinski definition) is 2. The molecule has 5 heterocycles. The van der Waals surface area contributed by atoms with Crippen molar-refractivity contribution in [1.29, 1.82) is 0 Å². The predicted octanol–water partition coefficient (Wildman–Crippen LogP) is 3.04. The average Bonchev–Trinajstić information content (AvgIpc) is 3.35. The molecule has 1 aromatic carbocycles. The molecule has 0 amide bonds. The van der Waals surface area contributed by atoms with E-state index >= 15 is 0 Å². The molecule has 0 aliphatic carbocycles. The van der Waals surface area contributed by atoms with Crippen molar-refractivity contribution in [1.82, 2.24) is 34.7 Å². The van der Waals surface area contributed by atoms with Crippen molar-refractivity contribution in [2.45, 2.75) is 24.9 Å². The summed E-state index contributed by atoms with van der Waals surface area (Å²) in [7, 11) is 0. The molecular weight excluding hydrogens is 490 g/mol. The number of piperidine rings is 1. The van der Waals surface area contributed by atoms with Crippen molar-refractivity contribution < 1.29 is 8.78 Å². The van der Waals surface area contributed by atoms with Gasteiger partial charge in [-0.25, -0.2) is 23.7 Å². The molecule has 4 aromatic heterocycles. The Labute approximate surface area is 216 Å². The van der Waals surface area contributed by atoms with Crippen LogP contribution in [-0.2, 0) is 12.1 Å². The third-order valence-electron chi connectivity index (χ3n) is 6.90. The van der Waals surface area contributed by atoms with Crippen molar-refractivity contribution in [3.8, 4) is 11.3 Å². The summed E-state index contributed by atoms with van der Waals surface area (Å²) in [6, 6.07) is 9.33. The minimum atomic E-state index is -0.935. The summed E-state index contributed by atoms with van der Waals surface area (Å²) in [6.07, 6.45) is 8.02. The van der Waals surface area contributed by atoms with Gasteiger partial charge in [0.15, 0.2) is 23.1 Å². The maximum atomic E-state index is 14.0. The first-order valence-electron chi connectivity index (χ1n) is 12.1. The quantitative estimate of drug-likeness (QED) is 0.362. The third kappa shape index (κ3) is 4.28. The number of benzene rings is 1. The van der Waals surface area contributed by atoms with Gasteiger partial charge in [0.05, 0.1) is 41.7 Å². The van der Waals surface area contributed by atoms with E-state index in [0.29, 0.717) is 41.3 Å². The normalized spacial score (nSPS) is 17.7. The molecular formula is C26H24F2N10. The van der Waals surface area contributed by atoms with Gasteiger partial charge in [-0.15, -0.1) is 0 Å². The Morgan fingerprint density at radius 2 is 1.92 bits per heavy atom. The number of nitrogens with zero attached hydrogens (tertiary/aromatic N) is 8. The maximum absolute atomic E-state index is 14.0. The first-order valence-corrected chi connectivity index (χ1v) is 12.1. The van der Waals surface area contributed by atoms with E-state index in [-0.39, 0.29) is 0 Å². The molecule has 1 atom stereocenters. The van der Waals surface area contributed by atoms with E-state index in [0.717, 1.165) is 48.5 Å². The van der Waals surface area contributed by atoms with E-state index < -0.39 is 17.2 Å². The first kappa shape index (κ1) is 23.8. The van der Waals surface area contributed by atoms with Gasteiger partial charge in [0, 0.05) is 24.8 Å². The largest absolute Gasteiger partial charge is 0.382 e. The van der Waals surface area contributed by atoms with Gasteiger partial charge in [0.1, 0.15) is 11.8 Å². The number of aromatic nitrogens is 7. The lowest BCUT2D eigenvalue weighted by atomic mass is 9.86. The number of anilines is 2. The van der Waals surface area contributed by atoms with Crippen molar-refractivity contribution in [3.63, 3.8) is 0 Å². The summed E-state index contributed by atoms with van der Waals surface area (Å²) in [5, 5.41) is 8.29. The van der Waals surface area contributed by atoms with E-state index in [4.69, 9.17) is 11.5 Å². The van der Waals surface area contributed by atoms with Gasteiger partial charge < -0.3 is 20.9 Å². The van der Waals surface area contributed by atoms with Crippen LogP contribution in [0.2, 0.25) is 0 Å². The van der Waals surface area contributed by atoms with E-state index in [1.165, 1.54) is 12.4 Å². The molecule has 1 saturated heterocycles. The molecule has 192 valence electrons. The minimum Gasteiger partial charge on any atom is -0.382 e. The Balaban J connectivity index is 1.43. The van der Waals surface area contributed by atoms with Crippen molar-refractivity contribution in [2.75, 3.05) is 23.7 Å². The number of fused-ring (bicyclic) bond motifs is 1. The summed E-state index contributed by atoms with van der Waals surface area (Å²) in [6.45, 7) is 1.64. The smallest absolute Gasteiger partial charge is 0.165 e. The predicted molar refractivity (Wildman–Crippen MR) is 138 cm³/mol. The Hall–Kier alpha value is -4.58. The summed E-state index contributed by atoms with van der Waals surface area (Å²) in [4.78, 5) is 19.5. The van der Waals surface area contributed by atoms with Crippen molar-refractivity contribution in [3.05, 3.63) is 84.3 Å². The summed E-state index contributed by atoms with van der Waals surface area (Å²) in [5.74, 6) is -1.56. The van der Waals surface area contributed by atoms with E-state index in [1.807, 2.05) is 22.8 Å². The highest BCUT2D eigenvalue weighted by Gasteiger charge is 2.36. The van der Waals surface area contributed by atoms with Gasteiger partial charge in [-0.3, -0.25) is 4.98 Å². The molecule has 12 heteroatoms. The highest BCUT2D eigenvalue weighted by atomic mass is 19.2. The average molecular weight is 515 g/mol. The van der Waals surface area contributed by atoms with Crippen LogP contribution in [0.25, 0.3) is 22.4 Å². The molecule has 38 heavy (non-hydrogen) atoms. The highest BCUT2D eigenvalue weighted by Crippen LogP contribution is 2.34. The summed E-state index contributed by atoms with van der Waals surface area (Å²) in [5.41, 5.74) is 16.7. The fourth-order valence-electron chi connectivity index (χ4n) is 4.98. The minimum absolute atomic E-state index is 0.291. The molecule has 0 saturated carbocycles. The second-order valence-corrected chi connectivity index (χ2v) is 9.42. The molecule has 0 spiro atoms. The zero-order chi connectivity index (χ0) is 26.3. The summed E-state index contributed by atoms with van der Waals surface area (Å²) < 4.78 is 29.5. The second kappa shape index (κ2) is 9.38. The zero-order valence-electron chi connectivity index (χ0n) is 20.3. The highest BCUT2D eigenvalue weighted by molar-refractivity contribution is 5.81. The van der Waals surface area contributed by atoms with Gasteiger partial charge in [-0.1, -0.05) is 0 Å². The van der Waals surface area contributed by atoms with Crippen molar-refractivity contribution >= 4 is 22.7 Å². The maximum Gasteiger partial charge on any atom is 0.165 e. The third-order valence-corrected chi connectivity index (χ3v) is 6.90. The lowest BCUT2D eigenvalue weighted by Crippen LogP contribution is -2.52. The lowest BCUT2D eigenvalue weighted by molar-refractivity contribution is 0.342. The number of nitrogen functional groups attached to an aromatic ring is 1. The van der Waals surface area contributed by atoms with E-state index in [9.17, 15) is 8.78 Å². The molecule has 0 bridgehead atoms. The number of nitrogens with two attached hydrogens (primary N) is 2. The van der Waals surface area contributed by atoms with Gasteiger partial charge in [-0.05, 0) is 54.8 Å². The Morgan fingerprint density at radius 3 is 2.74 bits per heavy atom. The second-order valence-electron chi connectivity index (χ2n) is 9.42. The molecule has 1 fully saturated rings.